The first-order valence-corrected chi connectivity index (χ1v) is 5.15. The highest BCUT2D eigenvalue weighted by Crippen LogP contribution is 2.12. The first-order valence-electron chi connectivity index (χ1n) is 4.03. The van der Waals surface area contributed by atoms with E-state index >= 15 is 0 Å². The van der Waals surface area contributed by atoms with Crippen molar-refractivity contribution in [1.29, 1.82) is 0 Å². The normalized spacial score (nSPS) is 10.6. The Labute approximate surface area is 88.1 Å². The van der Waals surface area contributed by atoms with Gasteiger partial charge < -0.3 is 9.94 Å². The van der Waals surface area contributed by atoms with Crippen molar-refractivity contribution in [2.24, 2.45) is 0 Å². The average Bonchev–Trinajstić information content (AvgIpc) is 2.23. The Balaban J connectivity index is 2.95. The summed E-state index contributed by atoms with van der Waals surface area (Å²) in [6.45, 7) is 0. The van der Waals surface area contributed by atoms with Gasteiger partial charge >= 0.3 is 0 Å². The summed E-state index contributed by atoms with van der Waals surface area (Å²) in [7, 11) is 0. The van der Waals surface area contributed by atoms with E-state index in [0.717, 1.165) is 4.73 Å². The predicted octanol–water partition coefficient (Wildman–Crippen LogP) is 1.80. The largest absolute Gasteiger partial charge is 0.805 e. The summed E-state index contributed by atoms with van der Waals surface area (Å²) in [5.41, 5.74) is 1.17. The Morgan fingerprint density at radius 1 is 1.43 bits per heavy atom. The van der Waals surface area contributed by atoms with Gasteiger partial charge in [-0.1, -0.05) is 28.1 Å². The van der Waals surface area contributed by atoms with Gasteiger partial charge in [0.25, 0.3) is 5.52 Å². The van der Waals surface area contributed by atoms with Crippen molar-refractivity contribution in [3.8, 4) is 0 Å². The number of fused-ring (bicyclic) bond motifs is 1. The number of halogens is 1. The van der Waals surface area contributed by atoms with Crippen molar-refractivity contribution in [2.75, 3.05) is 0 Å². The zero-order valence-electron chi connectivity index (χ0n) is 7.18. The molecule has 0 aliphatic rings. The van der Waals surface area contributed by atoms with Gasteiger partial charge in [-0.05, 0) is 6.07 Å². The fourth-order valence-corrected chi connectivity index (χ4v) is 1.70. The van der Waals surface area contributed by atoms with Crippen LogP contribution in [0.3, 0.4) is 0 Å². The van der Waals surface area contributed by atoms with E-state index < -0.39 is 0 Å². The fraction of sp³-hybridized carbons (Fsp3) is 0.111. The lowest BCUT2D eigenvalue weighted by Gasteiger charge is -2.14. The molecule has 1 heterocycles. The Morgan fingerprint density at radius 2 is 2.14 bits per heavy atom. The summed E-state index contributed by atoms with van der Waals surface area (Å²) in [6.07, 6.45) is 1.28. The van der Waals surface area contributed by atoms with Gasteiger partial charge in [0.15, 0.2) is 0 Å². The Kier molecular flexibility index (Phi) is 2.25. The summed E-state index contributed by atoms with van der Waals surface area (Å²) in [5, 5.41) is 12.0. The molecule has 0 atom stereocenters. The highest BCUT2D eigenvalue weighted by atomic mass is 79.9. The van der Waals surface area contributed by atoms with E-state index in [9.17, 15) is 10.1 Å². The summed E-state index contributed by atoms with van der Waals surface area (Å²) < 4.78 is 1.47. The van der Waals surface area contributed by atoms with E-state index in [4.69, 9.17) is 0 Å². The molecule has 5 heteroatoms. The Morgan fingerprint density at radius 3 is 2.86 bits per heavy atom. The third-order valence-corrected chi connectivity index (χ3v) is 2.58. The molecule has 0 amide bonds. The Hall–Kier alpha value is -1.36. The molecule has 0 fully saturated rings. The average molecular weight is 255 g/mol. The molecular weight excluding hydrogens is 248 g/mol. The minimum absolute atomic E-state index is 0.365. The van der Waals surface area contributed by atoms with Gasteiger partial charge in [0.2, 0.25) is 6.20 Å². The molecule has 0 unspecified atom stereocenters. The van der Waals surface area contributed by atoms with Crippen LogP contribution in [0.15, 0.2) is 30.5 Å². The molecule has 0 bridgehead atoms. The maximum atomic E-state index is 11.6. The molecule has 0 aliphatic carbocycles. The number of rotatable bonds is 1. The number of alkyl halides is 1. The third kappa shape index (κ3) is 1.29. The summed E-state index contributed by atoms with van der Waals surface area (Å²) in [4.78, 5) is 11.5. The molecule has 72 valence electrons. The van der Waals surface area contributed by atoms with Crippen molar-refractivity contribution in [3.05, 3.63) is 46.3 Å². The van der Waals surface area contributed by atoms with E-state index in [1.165, 1.54) is 6.20 Å². The molecule has 0 saturated carbocycles. The topological polar surface area (TPSA) is 51.0 Å². The lowest BCUT2D eigenvalue weighted by Crippen LogP contribution is -2.19. The molecule has 1 aromatic heterocycles. The van der Waals surface area contributed by atoms with Gasteiger partial charge in [0, 0.05) is 16.3 Å². The molecule has 2 aromatic rings. The van der Waals surface area contributed by atoms with Gasteiger partial charge in [-0.15, -0.1) is 0 Å². The van der Waals surface area contributed by atoms with Crippen LogP contribution < -0.4 is 4.43 Å². The molecule has 0 saturated heterocycles. The summed E-state index contributed by atoms with van der Waals surface area (Å²) in [5.74, 6) is 0. The number of nitrogens with zero attached hydrogens (tertiary/aromatic N) is 2. The minimum Gasteiger partial charge on any atom is -0.805 e. The molecule has 14 heavy (non-hydrogen) atoms. The maximum absolute atomic E-state index is 11.6. The number of para-hydroxylation sites is 2. The molecule has 2 rings (SSSR count). The van der Waals surface area contributed by atoms with E-state index in [2.05, 4.69) is 15.9 Å². The van der Waals surface area contributed by atoms with Crippen molar-refractivity contribution < 1.29 is 4.43 Å². The van der Waals surface area contributed by atoms with Crippen LogP contribution >= 0.6 is 15.9 Å². The highest BCUT2D eigenvalue weighted by Gasteiger charge is 2.09. The molecule has 0 radical (unpaired) electrons. The van der Waals surface area contributed by atoms with Gasteiger partial charge in [-0.3, -0.25) is 0 Å². The highest BCUT2D eigenvalue weighted by molar-refractivity contribution is 9.08. The van der Waals surface area contributed by atoms with Crippen LogP contribution in [0.4, 0.5) is 0 Å². The van der Waals surface area contributed by atoms with Crippen LogP contribution in [-0.4, -0.2) is 4.73 Å². The van der Waals surface area contributed by atoms with Crippen LogP contribution in [0.25, 0.3) is 11.0 Å². The van der Waals surface area contributed by atoms with Crippen molar-refractivity contribution in [1.82, 2.24) is 4.73 Å². The van der Waals surface area contributed by atoms with E-state index in [1.807, 2.05) is 0 Å². The first-order chi connectivity index (χ1) is 6.74. The second-order valence-electron chi connectivity index (χ2n) is 2.86. The maximum Gasteiger partial charge on any atom is 0.285 e. The van der Waals surface area contributed by atoms with Crippen LogP contribution in [0.2, 0.25) is 0 Å². The van der Waals surface area contributed by atoms with Crippen molar-refractivity contribution in [3.63, 3.8) is 0 Å². The van der Waals surface area contributed by atoms with E-state index in [1.54, 1.807) is 24.3 Å². The number of hydrogen-bond donors (Lipinski definition) is 0. The van der Waals surface area contributed by atoms with Gasteiger partial charge in [-0.2, -0.15) is 0 Å². The summed E-state index contributed by atoms with van der Waals surface area (Å²) in [6, 6.07) is 6.71. The fourth-order valence-electron chi connectivity index (χ4n) is 1.32. The smallest absolute Gasteiger partial charge is 0.285 e. The molecule has 4 nitrogen and oxygen atoms in total. The van der Waals surface area contributed by atoms with Gasteiger partial charge in [0.05, 0.1) is 10.1 Å². The number of hydrogen-bond acceptors (Lipinski definition) is 2. The lowest BCUT2D eigenvalue weighted by molar-refractivity contribution is -0.465. The van der Waals surface area contributed by atoms with E-state index in [0.29, 0.717) is 26.5 Å². The van der Waals surface area contributed by atoms with E-state index in [-0.39, 0.29) is 0 Å². The Bertz CT molecular complexity index is 536. The SMILES string of the molecule is O=[n+]1cc(CBr)n([O-])c2ccccc21. The zero-order chi connectivity index (χ0) is 10.1. The predicted molar refractivity (Wildman–Crippen MR) is 56.7 cm³/mol. The minimum atomic E-state index is 0.365. The number of benzene rings is 1. The van der Waals surface area contributed by atoms with Crippen LogP contribution in [0.5, 0.6) is 0 Å². The van der Waals surface area contributed by atoms with Crippen LogP contribution in [-0.2, 0) is 5.33 Å². The molecule has 0 N–H and O–H groups in total. The molecule has 1 aromatic carbocycles. The molecular formula is C9H7BrN2O2. The van der Waals surface area contributed by atoms with Crippen LogP contribution in [0, 0.1) is 10.1 Å². The molecule has 0 aliphatic heterocycles. The third-order valence-electron chi connectivity index (χ3n) is 2.00. The standard InChI is InChI=1S/C9H7BrN2O2/c10-5-7-6-11(13)8-3-1-2-4-9(8)12(7)14/h1-4,6H,5H2. The monoisotopic (exact) mass is 254 g/mol. The quantitative estimate of drug-likeness (QED) is 0.576. The van der Waals surface area contributed by atoms with Crippen molar-refractivity contribution >= 4 is 27.0 Å². The zero-order valence-corrected chi connectivity index (χ0v) is 8.77. The second-order valence-corrected chi connectivity index (χ2v) is 3.42. The van der Waals surface area contributed by atoms with Gasteiger partial charge in [0.1, 0.15) is 5.52 Å². The first kappa shape index (κ1) is 9.21. The molecule has 0 spiro atoms. The number of aromatic nitrogens is 2. The van der Waals surface area contributed by atoms with Crippen molar-refractivity contribution in [2.45, 2.75) is 5.33 Å². The van der Waals surface area contributed by atoms with Gasteiger partial charge in [-0.25, -0.2) is 0 Å². The summed E-state index contributed by atoms with van der Waals surface area (Å²) >= 11 is 3.16. The van der Waals surface area contributed by atoms with Crippen LogP contribution in [0.1, 0.15) is 5.69 Å². The second kappa shape index (κ2) is 3.42. The lowest BCUT2D eigenvalue weighted by atomic mass is 10.3.